The monoisotopic (exact) mass is 648 g/mol. The highest BCUT2D eigenvalue weighted by Crippen LogP contribution is 2.41. The molecule has 0 spiro atoms. The summed E-state index contributed by atoms with van der Waals surface area (Å²) in [5.74, 6) is 0.193. The van der Waals surface area contributed by atoms with Crippen molar-refractivity contribution in [2.75, 3.05) is 26.4 Å². The SMILES string of the molecule is C=C(C)C(=O)OCC(O)COc1cc(CC=CC)c(C(C)(C)c2cc(C)c(OCC(O)COC(=O)C(=C)C)cc2CC=CC)cc1C. The Labute approximate surface area is 280 Å². The number of rotatable bonds is 18. The van der Waals surface area contributed by atoms with E-state index in [1.807, 2.05) is 52.0 Å². The summed E-state index contributed by atoms with van der Waals surface area (Å²) < 4.78 is 22.2. The molecule has 8 nitrogen and oxygen atoms in total. The average Bonchev–Trinajstić information content (AvgIpc) is 3.02. The predicted molar refractivity (Wildman–Crippen MR) is 186 cm³/mol. The molecule has 2 unspecified atom stereocenters. The molecule has 0 saturated heterocycles. The van der Waals surface area contributed by atoms with Gasteiger partial charge in [0.1, 0.15) is 50.1 Å². The van der Waals surface area contributed by atoms with E-state index >= 15 is 0 Å². The smallest absolute Gasteiger partial charge is 0.333 e. The van der Waals surface area contributed by atoms with Crippen molar-refractivity contribution >= 4 is 11.9 Å². The fraction of sp³-hybridized carbons (Fsp3) is 0.436. The molecule has 0 aliphatic heterocycles. The highest BCUT2D eigenvalue weighted by atomic mass is 16.6. The van der Waals surface area contributed by atoms with Crippen LogP contribution in [0, 0.1) is 13.8 Å². The van der Waals surface area contributed by atoms with Gasteiger partial charge in [-0.25, -0.2) is 9.59 Å². The van der Waals surface area contributed by atoms with Gasteiger partial charge in [-0.2, -0.15) is 0 Å². The number of ether oxygens (including phenoxy) is 4. The molecule has 0 radical (unpaired) electrons. The molecule has 8 heteroatoms. The lowest BCUT2D eigenvalue weighted by Crippen LogP contribution is -2.26. The molecule has 2 rings (SSSR count). The van der Waals surface area contributed by atoms with Crippen molar-refractivity contribution in [3.8, 4) is 11.5 Å². The number of hydrogen-bond donors (Lipinski definition) is 2. The Hall–Kier alpha value is -4.14. The van der Waals surface area contributed by atoms with Gasteiger partial charge >= 0.3 is 11.9 Å². The maximum Gasteiger partial charge on any atom is 0.333 e. The quantitative estimate of drug-likeness (QED) is 0.106. The standard InChI is InChI=1S/C39H52O8/c1-11-13-15-29-19-35(44-21-31(40)23-46-37(42)25(3)4)27(7)17-33(29)39(9,10)34-18-28(8)36(20-30(34)16-14-12-2)45-22-32(41)24-47-38(43)26(5)6/h11-14,17-20,31-32,40-41H,3,5,15-16,21-24H2,1-2,4,6-10H3. The first-order valence-electron chi connectivity index (χ1n) is 15.9. The minimum atomic E-state index is -0.988. The Morgan fingerprint density at radius 2 is 1.09 bits per heavy atom. The van der Waals surface area contributed by atoms with Crippen LogP contribution in [-0.4, -0.2) is 60.8 Å². The van der Waals surface area contributed by atoms with E-state index in [-0.39, 0.29) is 37.6 Å². The Balaban J connectivity index is 2.42. The van der Waals surface area contributed by atoms with Crippen LogP contribution in [0.15, 0.2) is 72.9 Å². The molecule has 0 heterocycles. The molecule has 0 bridgehead atoms. The van der Waals surface area contributed by atoms with E-state index < -0.39 is 29.6 Å². The third-order valence-corrected chi connectivity index (χ3v) is 7.67. The zero-order chi connectivity index (χ0) is 35.3. The molecule has 2 N–H and O–H groups in total. The van der Waals surface area contributed by atoms with Crippen molar-refractivity contribution in [3.63, 3.8) is 0 Å². The molecule has 0 aliphatic rings. The number of carbonyl (C=O) groups excluding carboxylic acids is 2. The number of hydrogen-bond acceptors (Lipinski definition) is 8. The molecule has 0 fully saturated rings. The lowest BCUT2D eigenvalue weighted by atomic mass is 9.72. The summed E-state index contributed by atoms with van der Waals surface area (Å²) in [6.45, 7) is 22.1. The van der Waals surface area contributed by atoms with Gasteiger partial charge in [-0.05, 0) is 99.9 Å². The van der Waals surface area contributed by atoms with Crippen LogP contribution in [-0.2, 0) is 37.3 Å². The van der Waals surface area contributed by atoms with E-state index in [2.05, 4.69) is 51.3 Å². The first kappa shape index (κ1) is 39.0. The summed E-state index contributed by atoms with van der Waals surface area (Å²) in [6, 6.07) is 8.33. The number of aliphatic hydroxyl groups excluding tert-OH is 2. The van der Waals surface area contributed by atoms with Gasteiger partial charge in [0.25, 0.3) is 0 Å². The summed E-state index contributed by atoms with van der Waals surface area (Å²) in [6.07, 6.45) is 7.61. The van der Waals surface area contributed by atoms with Crippen LogP contribution in [0.3, 0.4) is 0 Å². The van der Waals surface area contributed by atoms with E-state index in [1.54, 1.807) is 13.8 Å². The molecule has 256 valence electrons. The topological polar surface area (TPSA) is 112 Å². The van der Waals surface area contributed by atoms with E-state index in [9.17, 15) is 19.8 Å². The summed E-state index contributed by atoms with van der Waals surface area (Å²) >= 11 is 0. The third kappa shape index (κ3) is 11.6. The second-order valence-corrected chi connectivity index (χ2v) is 12.4. The number of esters is 2. The molecule has 2 aromatic carbocycles. The Morgan fingerprint density at radius 3 is 1.40 bits per heavy atom. The van der Waals surface area contributed by atoms with Gasteiger partial charge in [0.2, 0.25) is 0 Å². The summed E-state index contributed by atoms with van der Waals surface area (Å²) in [5, 5.41) is 20.7. The van der Waals surface area contributed by atoms with Crippen molar-refractivity contribution in [2.24, 2.45) is 0 Å². The summed E-state index contributed by atoms with van der Waals surface area (Å²) in [5.41, 5.74) is 6.38. The zero-order valence-corrected chi connectivity index (χ0v) is 29.3. The van der Waals surface area contributed by atoms with Gasteiger partial charge in [0.05, 0.1) is 0 Å². The highest BCUT2D eigenvalue weighted by Gasteiger charge is 2.30. The number of aliphatic hydroxyl groups is 2. The zero-order valence-electron chi connectivity index (χ0n) is 29.3. The van der Waals surface area contributed by atoms with E-state index in [0.29, 0.717) is 24.3 Å². The first-order valence-corrected chi connectivity index (χ1v) is 15.9. The highest BCUT2D eigenvalue weighted by molar-refractivity contribution is 5.87. The molecule has 2 atom stereocenters. The lowest BCUT2D eigenvalue weighted by Gasteiger charge is -2.32. The van der Waals surface area contributed by atoms with Crippen LogP contribution in [0.5, 0.6) is 11.5 Å². The van der Waals surface area contributed by atoms with Gasteiger partial charge in [-0.3, -0.25) is 0 Å². The largest absolute Gasteiger partial charge is 0.490 e. The van der Waals surface area contributed by atoms with Gasteiger partial charge in [-0.1, -0.05) is 63.4 Å². The molecular weight excluding hydrogens is 596 g/mol. The van der Waals surface area contributed by atoms with Crippen LogP contribution in [0.1, 0.15) is 74.9 Å². The minimum Gasteiger partial charge on any atom is -0.490 e. The van der Waals surface area contributed by atoms with Gasteiger partial charge in [0.15, 0.2) is 0 Å². The summed E-state index contributed by atoms with van der Waals surface area (Å²) in [4.78, 5) is 23.4. The third-order valence-electron chi connectivity index (χ3n) is 7.67. The van der Waals surface area contributed by atoms with Crippen LogP contribution in [0.2, 0.25) is 0 Å². The van der Waals surface area contributed by atoms with Gasteiger partial charge < -0.3 is 29.2 Å². The number of benzene rings is 2. The first-order chi connectivity index (χ1) is 22.1. The van der Waals surface area contributed by atoms with Gasteiger partial charge in [0, 0.05) is 16.6 Å². The second-order valence-electron chi connectivity index (χ2n) is 12.4. The van der Waals surface area contributed by atoms with Crippen LogP contribution >= 0.6 is 0 Å². The Morgan fingerprint density at radius 1 is 0.723 bits per heavy atom. The molecule has 2 aromatic rings. The summed E-state index contributed by atoms with van der Waals surface area (Å²) in [7, 11) is 0. The van der Waals surface area contributed by atoms with E-state index in [0.717, 1.165) is 33.4 Å². The van der Waals surface area contributed by atoms with Crippen molar-refractivity contribution in [1.82, 2.24) is 0 Å². The molecule has 0 saturated carbocycles. The van der Waals surface area contributed by atoms with Crippen molar-refractivity contribution in [1.29, 1.82) is 0 Å². The molecule has 47 heavy (non-hydrogen) atoms. The second kappa shape index (κ2) is 18.3. The van der Waals surface area contributed by atoms with E-state index in [4.69, 9.17) is 18.9 Å². The van der Waals surface area contributed by atoms with Gasteiger partial charge in [-0.15, -0.1) is 0 Å². The van der Waals surface area contributed by atoms with Crippen LogP contribution < -0.4 is 9.47 Å². The number of carbonyl (C=O) groups is 2. The maximum atomic E-state index is 11.7. The number of aryl methyl sites for hydroxylation is 2. The lowest BCUT2D eigenvalue weighted by molar-refractivity contribution is -0.143. The normalized spacial score (nSPS) is 13.0. The van der Waals surface area contributed by atoms with Crippen molar-refractivity contribution < 1.29 is 38.7 Å². The average molecular weight is 649 g/mol. The molecular formula is C39H52O8. The van der Waals surface area contributed by atoms with E-state index in [1.165, 1.54) is 0 Å². The van der Waals surface area contributed by atoms with Crippen molar-refractivity contribution in [2.45, 2.75) is 85.9 Å². The fourth-order valence-electron chi connectivity index (χ4n) is 4.97. The van der Waals surface area contributed by atoms with Crippen LogP contribution in [0.25, 0.3) is 0 Å². The molecule has 0 aromatic heterocycles. The number of allylic oxidation sites excluding steroid dienone is 4. The minimum absolute atomic E-state index is 0.0324. The van der Waals surface area contributed by atoms with Crippen molar-refractivity contribution in [3.05, 3.63) is 106 Å². The Kier molecular flexibility index (Phi) is 15.2. The van der Waals surface area contributed by atoms with Crippen LogP contribution in [0.4, 0.5) is 0 Å². The Bertz CT molecular complexity index is 1370. The molecule has 0 amide bonds. The molecule has 0 aliphatic carbocycles. The maximum absolute atomic E-state index is 11.7. The fourth-order valence-corrected chi connectivity index (χ4v) is 4.97. The predicted octanol–water partition coefficient (Wildman–Crippen LogP) is 6.58.